The van der Waals surface area contributed by atoms with Gasteiger partial charge in [-0.1, -0.05) is 18.2 Å². The summed E-state index contributed by atoms with van der Waals surface area (Å²) in [5, 5.41) is 7.24. The van der Waals surface area contributed by atoms with E-state index in [2.05, 4.69) is 10.4 Å². The number of rotatable bonds is 5. The zero-order chi connectivity index (χ0) is 19.6. The molecule has 0 atom stereocenters. The maximum atomic E-state index is 12.6. The van der Waals surface area contributed by atoms with Crippen molar-refractivity contribution in [1.29, 1.82) is 0 Å². The minimum atomic E-state index is -3.53. The third-order valence-corrected chi connectivity index (χ3v) is 5.80. The van der Waals surface area contributed by atoms with E-state index in [0.29, 0.717) is 11.4 Å². The van der Waals surface area contributed by atoms with Gasteiger partial charge in [0.05, 0.1) is 16.3 Å². The molecule has 0 aliphatic rings. The zero-order valence-electron chi connectivity index (χ0n) is 15.2. The number of para-hydroxylation sites is 1. The standard InChI is InChI=1S/C19H20N4O3S/c1-14-13-18(23(21-14)16-7-5-4-6-8-16)20-19(24)15-9-11-17(12-10-15)27(25,26)22(2)3/h4-13H,1-3H3,(H,20,24). The number of nitrogens with one attached hydrogen (secondary N) is 1. The van der Waals surface area contributed by atoms with Crippen LogP contribution in [0.15, 0.2) is 65.6 Å². The number of benzene rings is 2. The molecule has 0 saturated heterocycles. The van der Waals surface area contributed by atoms with Crippen molar-refractivity contribution in [3.8, 4) is 5.69 Å². The number of aryl methyl sites for hydroxylation is 1. The molecule has 3 aromatic rings. The molecular formula is C19H20N4O3S. The number of aromatic nitrogens is 2. The Kier molecular flexibility index (Phi) is 5.11. The van der Waals surface area contributed by atoms with Crippen LogP contribution in [0.4, 0.5) is 5.82 Å². The molecule has 7 nitrogen and oxygen atoms in total. The Balaban J connectivity index is 1.85. The summed E-state index contributed by atoms with van der Waals surface area (Å²) < 4.78 is 27.0. The van der Waals surface area contributed by atoms with Gasteiger partial charge in [-0.3, -0.25) is 4.79 Å². The van der Waals surface area contributed by atoms with Gasteiger partial charge in [0.25, 0.3) is 5.91 Å². The Morgan fingerprint density at radius 1 is 1.04 bits per heavy atom. The first kappa shape index (κ1) is 18.8. The van der Waals surface area contributed by atoms with Gasteiger partial charge in [0.1, 0.15) is 5.82 Å². The van der Waals surface area contributed by atoms with Gasteiger partial charge in [-0.05, 0) is 43.3 Å². The average molecular weight is 384 g/mol. The van der Waals surface area contributed by atoms with E-state index in [-0.39, 0.29) is 10.8 Å². The minimum Gasteiger partial charge on any atom is -0.306 e. The molecule has 0 bridgehead atoms. The van der Waals surface area contributed by atoms with E-state index in [1.807, 2.05) is 37.3 Å². The summed E-state index contributed by atoms with van der Waals surface area (Å²) in [5.74, 6) is 0.189. The van der Waals surface area contributed by atoms with Crippen LogP contribution >= 0.6 is 0 Å². The number of carbonyl (C=O) groups is 1. The number of nitrogens with zero attached hydrogens (tertiary/aromatic N) is 3. The van der Waals surface area contributed by atoms with Crippen molar-refractivity contribution in [1.82, 2.24) is 14.1 Å². The minimum absolute atomic E-state index is 0.134. The maximum Gasteiger partial charge on any atom is 0.256 e. The quantitative estimate of drug-likeness (QED) is 0.733. The third kappa shape index (κ3) is 3.91. The molecule has 0 unspecified atom stereocenters. The largest absolute Gasteiger partial charge is 0.306 e. The van der Waals surface area contributed by atoms with Crippen LogP contribution in [0.25, 0.3) is 5.69 Å². The Labute approximate surface area is 158 Å². The molecule has 1 N–H and O–H groups in total. The van der Waals surface area contributed by atoms with Crippen molar-refractivity contribution in [3.63, 3.8) is 0 Å². The van der Waals surface area contributed by atoms with Gasteiger partial charge < -0.3 is 5.32 Å². The lowest BCUT2D eigenvalue weighted by Crippen LogP contribution is -2.22. The Morgan fingerprint density at radius 3 is 2.26 bits per heavy atom. The normalized spacial score (nSPS) is 11.6. The van der Waals surface area contributed by atoms with Crippen LogP contribution in [0.3, 0.4) is 0 Å². The first-order valence-corrected chi connectivity index (χ1v) is 9.69. The highest BCUT2D eigenvalue weighted by molar-refractivity contribution is 7.89. The zero-order valence-corrected chi connectivity index (χ0v) is 16.1. The summed E-state index contributed by atoms with van der Waals surface area (Å²) in [6.45, 7) is 1.84. The second-order valence-electron chi connectivity index (χ2n) is 6.18. The number of amides is 1. The predicted octanol–water partition coefficient (Wildman–Crippen LogP) is 2.68. The summed E-state index contributed by atoms with van der Waals surface area (Å²) in [5.41, 5.74) is 1.95. The van der Waals surface area contributed by atoms with Gasteiger partial charge in [-0.15, -0.1) is 0 Å². The third-order valence-electron chi connectivity index (χ3n) is 3.97. The highest BCUT2D eigenvalue weighted by Crippen LogP contribution is 2.19. The van der Waals surface area contributed by atoms with Gasteiger partial charge in [0.2, 0.25) is 10.0 Å². The van der Waals surface area contributed by atoms with Crippen LogP contribution in [0.1, 0.15) is 16.1 Å². The fraction of sp³-hybridized carbons (Fsp3) is 0.158. The van der Waals surface area contributed by atoms with Crippen molar-refractivity contribution >= 4 is 21.7 Å². The van der Waals surface area contributed by atoms with Gasteiger partial charge >= 0.3 is 0 Å². The molecule has 2 aromatic carbocycles. The van der Waals surface area contributed by atoms with Crippen molar-refractivity contribution in [2.75, 3.05) is 19.4 Å². The van der Waals surface area contributed by atoms with Crippen LogP contribution in [0.2, 0.25) is 0 Å². The Morgan fingerprint density at radius 2 is 1.67 bits per heavy atom. The van der Waals surface area contributed by atoms with Crippen LogP contribution in [0, 0.1) is 6.92 Å². The van der Waals surface area contributed by atoms with Gasteiger partial charge in [-0.25, -0.2) is 17.4 Å². The lowest BCUT2D eigenvalue weighted by Gasteiger charge is -2.12. The van der Waals surface area contributed by atoms with Gasteiger partial charge in [-0.2, -0.15) is 5.10 Å². The van der Waals surface area contributed by atoms with E-state index >= 15 is 0 Å². The van der Waals surface area contributed by atoms with Crippen molar-refractivity contribution in [2.24, 2.45) is 0 Å². The molecule has 1 aromatic heterocycles. The highest BCUT2D eigenvalue weighted by atomic mass is 32.2. The van der Waals surface area contributed by atoms with Crippen LogP contribution in [-0.2, 0) is 10.0 Å². The molecule has 0 fully saturated rings. The summed E-state index contributed by atoms with van der Waals surface area (Å²) >= 11 is 0. The molecule has 0 spiro atoms. The molecule has 0 saturated carbocycles. The molecule has 140 valence electrons. The maximum absolute atomic E-state index is 12.6. The molecule has 27 heavy (non-hydrogen) atoms. The van der Waals surface area contributed by atoms with Crippen LogP contribution in [0.5, 0.6) is 0 Å². The topological polar surface area (TPSA) is 84.3 Å². The molecule has 3 rings (SSSR count). The molecule has 0 aliphatic heterocycles. The van der Waals surface area contributed by atoms with E-state index in [1.165, 1.54) is 38.4 Å². The van der Waals surface area contributed by atoms with E-state index in [4.69, 9.17) is 0 Å². The predicted molar refractivity (Wildman–Crippen MR) is 104 cm³/mol. The second kappa shape index (κ2) is 7.34. The van der Waals surface area contributed by atoms with Crippen molar-refractivity contribution in [3.05, 3.63) is 71.9 Å². The molecule has 0 radical (unpaired) electrons. The first-order valence-electron chi connectivity index (χ1n) is 8.25. The average Bonchev–Trinajstić information content (AvgIpc) is 3.02. The Bertz CT molecular complexity index is 1060. The van der Waals surface area contributed by atoms with E-state index in [1.54, 1.807) is 10.7 Å². The summed E-state index contributed by atoms with van der Waals surface area (Å²) in [6, 6.07) is 17.1. The summed E-state index contributed by atoms with van der Waals surface area (Å²) in [7, 11) is -0.607. The van der Waals surface area contributed by atoms with Crippen molar-refractivity contribution in [2.45, 2.75) is 11.8 Å². The molecule has 1 heterocycles. The number of hydrogen-bond acceptors (Lipinski definition) is 4. The molecule has 0 aliphatic carbocycles. The fourth-order valence-corrected chi connectivity index (χ4v) is 3.43. The highest BCUT2D eigenvalue weighted by Gasteiger charge is 2.18. The molecular weight excluding hydrogens is 364 g/mol. The van der Waals surface area contributed by atoms with E-state index in [9.17, 15) is 13.2 Å². The summed E-state index contributed by atoms with van der Waals surface area (Å²) in [4.78, 5) is 12.7. The monoisotopic (exact) mass is 384 g/mol. The van der Waals surface area contributed by atoms with E-state index in [0.717, 1.165) is 15.7 Å². The van der Waals surface area contributed by atoms with Gasteiger partial charge in [0, 0.05) is 25.7 Å². The number of sulfonamides is 1. The van der Waals surface area contributed by atoms with Crippen LogP contribution in [-0.4, -0.2) is 42.5 Å². The van der Waals surface area contributed by atoms with Crippen LogP contribution < -0.4 is 5.32 Å². The smallest absolute Gasteiger partial charge is 0.256 e. The fourth-order valence-electron chi connectivity index (χ4n) is 2.53. The number of hydrogen-bond donors (Lipinski definition) is 1. The lowest BCUT2D eigenvalue weighted by atomic mass is 10.2. The second-order valence-corrected chi connectivity index (χ2v) is 8.34. The Hall–Kier alpha value is -2.97. The number of anilines is 1. The molecule has 8 heteroatoms. The SMILES string of the molecule is Cc1cc(NC(=O)c2ccc(S(=O)(=O)N(C)C)cc2)n(-c2ccccc2)n1. The van der Waals surface area contributed by atoms with Gasteiger partial charge in [0.15, 0.2) is 0 Å². The lowest BCUT2D eigenvalue weighted by molar-refractivity contribution is 0.102. The molecule has 1 amide bonds. The summed E-state index contributed by atoms with van der Waals surface area (Å²) in [6.07, 6.45) is 0. The number of carbonyl (C=O) groups excluding carboxylic acids is 1. The first-order chi connectivity index (χ1) is 12.8. The van der Waals surface area contributed by atoms with E-state index < -0.39 is 10.0 Å². The van der Waals surface area contributed by atoms with Crippen molar-refractivity contribution < 1.29 is 13.2 Å².